The lowest BCUT2D eigenvalue weighted by Gasteiger charge is -2.09. The molecule has 0 aliphatic rings. The van der Waals surface area contributed by atoms with E-state index in [1.807, 2.05) is 38.1 Å². The van der Waals surface area contributed by atoms with Gasteiger partial charge in [-0.1, -0.05) is 18.2 Å². The highest BCUT2D eigenvalue weighted by atomic mass is 35.5. The maximum Gasteiger partial charge on any atom is 0.253 e. The molecule has 1 aromatic heterocycles. The van der Waals surface area contributed by atoms with Crippen molar-refractivity contribution in [3.8, 4) is 0 Å². The molecule has 2 aromatic rings. The Hall–Kier alpha value is -1.36. The number of aromatic nitrogens is 1. The number of nitrogens with one attached hydrogen (secondary N) is 1. The molecule has 0 bridgehead atoms. The molecule has 1 atom stereocenters. The Morgan fingerprint density at radius 1 is 1.29 bits per heavy atom. The fraction of sp³-hybridized carbons (Fsp3) is 0.333. The molecule has 0 saturated heterocycles. The van der Waals surface area contributed by atoms with Crippen LogP contribution >= 0.6 is 24.8 Å². The van der Waals surface area contributed by atoms with Gasteiger partial charge in [-0.3, -0.25) is 9.78 Å². The summed E-state index contributed by atoms with van der Waals surface area (Å²) >= 11 is 0. The van der Waals surface area contributed by atoms with Gasteiger partial charge in [0.05, 0.1) is 11.1 Å². The molecular weight excluding hydrogens is 309 g/mol. The van der Waals surface area contributed by atoms with Gasteiger partial charge in [-0.2, -0.15) is 0 Å². The van der Waals surface area contributed by atoms with Crippen molar-refractivity contribution in [3.63, 3.8) is 0 Å². The first-order valence-electron chi connectivity index (χ1n) is 6.48. The van der Waals surface area contributed by atoms with E-state index in [-0.39, 0.29) is 36.8 Å². The van der Waals surface area contributed by atoms with Crippen molar-refractivity contribution in [3.05, 3.63) is 41.6 Å². The zero-order chi connectivity index (χ0) is 13.8. The van der Waals surface area contributed by atoms with Crippen molar-refractivity contribution in [1.82, 2.24) is 10.3 Å². The number of carbonyl (C=O) groups excluding carboxylic acids is 1. The molecule has 0 saturated carbocycles. The number of pyridine rings is 1. The number of nitrogens with zero attached hydrogens (tertiary/aromatic N) is 1. The molecule has 1 unspecified atom stereocenters. The predicted molar refractivity (Wildman–Crippen MR) is 91.6 cm³/mol. The Balaban J connectivity index is 0.00000200. The van der Waals surface area contributed by atoms with Crippen LogP contribution in [0.1, 0.15) is 29.4 Å². The number of hydrogen-bond donors (Lipinski definition) is 2. The van der Waals surface area contributed by atoms with Crippen LogP contribution in [0.25, 0.3) is 10.9 Å². The first-order chi connectivity index (χ1) is 9.08. The van der Waals surface area contributed by atoms with Gasteiger partial charge in [-0.05, 0) is 32.4 Å². The lowest BCUT2D eigenvalue weighted by molar-refractivity contribution is 0.0954. The first kappa shape index (κ1) is 19.6. The Morgan fingerprint density at radius 2 is 2.00 bits per heavy atom. The number of benzene rings is 1. The number of aryl methyl sites for hydroxylation is 1. The number of amides is 1. The van der Waals surface area contributed by atoms with Gasteiger partial charge in [0, 0.05) is 23.7 Å². The predicted octanol–water partition coefficient (Wildman–Crippen LogP) is 2.85. The molecular formula is C15H21Cl2N3O. The van der Waals surface area contributed by atoms with Gasteiger partial charge in [0.1, 0.15) is 0 Å². The fourth-order valence-corrected chi connectivity index (χ4v) is 1.94. The molecule has 0 aliphatic heterocycles. The van der Waals surface area contributed by atoms with Gasteiger partial charge >= 0.3 is 0 Å². The van der Waals surface area contributed by atoms with Crippen molar-refractivity contribution < 1.29 is 4.79 Å². The molecule has 1 aromatic carbocycles. The largest absolute Gasteiger partial charge is 0.352 e. The first-order valence-corrected chi connectivity index (χ1v) is 6.48. The highest BCUT2D eigenvalue weighted by Crippen LogP contribution is 2.17. The molecule has 3 N–H and O–H groups in total. The number of hydrogen-bond acceptors (Lipinski definition) is 3. The van der Waals surface area contributed by atoms with Gasteiger partial charge in [0.25, 0.3) is 5.91 Å². The monoisotopic (exact) mass is 329 g/mol. The number of rotatable bonds is 4. The molecule has 0 radical (unpaired) electrons. The van der Waals surface area contributed by atoms with Crippen molar-refractivity contribution >= 4 is 41.6 Å². The maximum atomic E-state index is 12.2. The Morgan fingerprint density at radius 3 is 2.67 bits per heavy atom. The summed E-state index contributed by atoms with van der Waals surface area (Å²) in [6.45, 7) is 4.43. The minimum atomic E-state index is -0.0932. The fourth-order valence-electron chi connectivity index (χ4n) is 1.94. The Kier molecular flexibility index (Phi) is 8.25. The second-order valence-corrected chi connectivity index (χ2v) is 4.85. The van der Waals surface area contributed by atoms with Crippen LogP contribution in [0.5, 0.6) is 0 Å². The van der Waals surface area contributed by atoms with Crippen LogP contribution in [0, 0.1) is 6.92 Å². The molecule has 0 aliphatic carbocycles. The highest BCUT2D eigenvalue weighted by molar-refractivity contribution is 6.05. The van der Waals surface area contributed by atoms with Gasteiger partial charge in [0.15, 0.2) is 0 Å². The number of fused-ring (bicyclic) bond motifs is 1. The lowest BCUT2D eigenvalue weighted by atomic mass is 10.1. The molecule has 6 heteroatoms. The standard InChI is InChI=1S/C15H19N3O.2ClH/c1-10(16)8-9-17-15(19)13-5-3-4-12-7-6-11(2)18-14(12)13;;/h3-7,10H,8-9,16H2,1-2H3,(H,17,19);2*1H. The van der Waals surface area contributed by atoms with E-state index in [4.69, 9.17) is 5.73 Å². The maximum absolute atomic E-state index is 12.2. The number of nitrogens with two attached hydrogens (primary N) is 1. The second-order valence-electron chi connectivity index (χ2n) is 4.85. The summed E-state index contributed by atoms with van der Waals surface area (Å²) in [5.74, 6) is -0.0932. The molecule has 2 rings (SSSR count). The summed E-state index contributed by atoms with van der Waals surface area (Å²) in [6.07, 6.45) is 0.767. The third kappa shape index (κ3) is 5.16. The third-order valence-electron chi connectivity index (χ3n) is 2.99. The molecule has 1 heterocycles. The Bertz CT molecular complexity index is 602. The number of carbonyl (C=O) groups is 1. The zero-order valence-electron chi connectivity index (χ0n) is 12.1. The van der Waals surface area contributed by atoms with Crippen molar-refractivity contribution in [1.29, 1.82) is 0 Å². The van der Waals surface area contributed by atoms with Crippen LogP contribution in [0.15, 0.2) is 30.3 Å². The molecule has 116 valence electrons. The number of halogens is 2. The van der Waals surface area contributed by atoms with Crippen LogP contribution in [-0.2, 0) is 0 Å². The lowest BCUT2D eigenvalue weighted by Crippen LogP contribution is -2.29. The normalized spacial score (nSPS) is 11.2. The number of para-hydroxylation sites is 1. The summed E-state index contributed by atoms with van der Waals surface area (Å²) in [5.41, 5.74) is 7.94. The van der Waals surface area contributed by atoms with Gasteiger partial charge in [-0.25, -0.2) is 0 Å². The summed E-state index contributed by atoms with van der Waals surface area (Å²) in [4.78, 5) is 16.6. The van der Waals surface area contributed by atoms with Crippen LogP contribution in [0.4, 0.5) is 0 Å². The van der Waals surface area contributed by atoms with E-state index in [1.54, 1.807) is 6.07 Å². The van der Waals surface area contributed by atoms with E-state index >= 15 is 0 Å². The van der Waals surface area contributed by atoms with Gasteiger partial charge < -0.3 is 11.1 Å². The van der Waals surface area contributed by atoms with Crippen LogP contribution in [-0.4, -0.2) is 23.5 Å². The second kappa shape index (κ2) is 8.82. The van der Waals surface area contributed by atoms with Gasteiger partial charge in [-0.15, -0.1) is 24.8 Å². The van der Waals surface area contributed by atoms with E-state index in [9.17, 15) is 4.79 Å². The smallest absolute Gasteiger partial charge is 0.253 e. The molecule has 0 spiro atoms. The molecule has 4 nitrogen and oxygen atoms in total. The topological polar surface area (TPSA) is 68.0 Å². The summed E-state index contributed by atoms with van der Waals surface area (Å²) in [6, 6.07) is 9.65. The van der Waals surface area contributed by atoms with E-state index in [1.165, 1.54) is 0 Å². The molecule has 1 amide bonds. The van der Waals surface area contributed by atoms with Crippen LogP contribution < -0.4 is 11.1 Å². The SMILES string of the molecule is Cc1ccc2cccc(C(=O)NCCC(C)N)c2n1.Cl.Cl. The summed E-state index contributed by atoms with van der Waals surface area (Å²) < 4.78 is 0. The van der Waals surface area contributed by atoms with E-state index < -0.39 is 0 Å². The average Bonchev–Trinajstić information content (AvgIpc) is 2.37. The zero-order valence-corrected chi connectivity index (χ0v) is 13.8. The summed E-state index contributed by atoms with van der Waals surface area (Å²) in [5, 5.41) is 3.86. The van der Waals surface area contributed by atoms with Crippen molar-refractivity contribution in [2.45, 2.75) is 26.3 Å². The van der Waals surface area contributed by atoms with Crippen LogP contribution in [0.3, 0.4) is 0 Å². The van der Waals surface area contributed by atoms with E-state index in [0.717, 1.165) is 23.0 Å². The summed E-state index contributed by atoms with van der Waals surface area (Å²) in [7, 11) is 0. The van der Waals surface area contributed by atoms with Crippen molar-refractivity contribution in [2.75, 3.05) is 6.54 Å². The molecule has 21 heavy (non-hydrogen) atoms. The quantitative estimate of drug-likeness (QED) is 0.906. The minimum Gasteiger partial charge on any atom is -0.352 e. The van der Waals surface area contributed by atoms with E-state index in [0.29, 0.717) is 12.1 Å². The third-order valence-corrected chi connectivity index (χ3v) is 2.99. The minimum absolute atomic E-state index is 0. The van der Waals surface area contributed by atoms with Crippen molar-refractivity contribution in [2.24, 2.45) is 5.73 Å². The average molecular weight is 330 g/mol. The highest BCUT2D eigenvalue weighted by Gasteiger charge is 2.10. The Labute approximate surface area is 137 Å². The van der Waals surface area contributed by atoms with Crippen LogP contribution in [0.2, 0.25) is 0 Å². The van der Waals surface area contributed by atoms with E-state index in [2.05, 4.69) is 10.3 Å². The molecule has 0 fully saturated rings. The van der Waals surface area contributed by atoms with Gasteiger partial charge in [0.2, 0.25) is 0 Å².